The minimum atomic E-state index is -3.39. The Morgan fingerprint density at radius 1 is 1.35 bits per heavy atom. The molecule has 0 saturated carbocycles. The van der Waals surface area contributed by atoms with Gasteiger partial charge >= 0.3 is 5.97 Å². The van der Waals surface area contributed by atoms with Gasteiger partial charge in [0.1, 0.15) is 12.7 Å². The molecule has 1 rings (SSSR count). The number of carbonyl (C=O) groups is 2. The lowest BCUT2D eigenvalue weighted by Gasteiger charge is -2.16. The van der Waals surface area contributed by atoms with Crippen molar-refractivity contribution in [1.82, 2.24) is 5.32 Å². The third-order valence-corrected chi connectivity index (χ3v) is 2.34. The van der Waals surface area contributed by atoms with Gasteiger partial charge in [0, 0.05) is 0 Å². The first-order valence-electron chi connectivity index (χ1n) is 5.00. The van der Waals surface area contributed by atoms with Crippen LogP contribution in [0.4, 0.5) is 8.78 Å². The molecule has 8 heteroatoms. The number of carboxylic acids is 1. The van der Waals surface area contributed by atoms with Crippen molar-refractivity contribution in [3.63, 3.8) is 0 Å². The summed E-state index contributed by atoms with van der Waals surface area (Å²) in [6, 6.07) is 0. The van der Waals surface area contributed by atoms with E-state index in [1.165, 1.54) is 0 Å². The largest absolute Gasteiger partial charge is 0.479 e. The summed E-state index contributed by atoms with van der Waals surface area (Å²) in [5.41, 5.74) is 0. The summed E-state index contributed by atoms with van der Waals surface area (Å²) in [7, 11) is 0. The molecule has 0 radical (unpaired) electrons. The molecule has 1 aliphatic heterocycles. The molecule has 0 aromatic rings. The number of hydrogen-bond acceptors (Lipinski definition) is 4. The highest BCUT2D eigenvalue weighted by atomic mass is 19.3. The third kappa shape index (κ3) is 3.90. The van der Waals surface area contributed by atoms with Crippen molar-refractivity contribution in [3.05, 3.63) is 0 Å². The Kier molecular flexibility index (Phi) is 4.35. The van der Waals surface area contributed by atoms with E-state index in [0.29, 0.717) is 0 Å². The second-order valence-electron chi connectivity index (χ2n) is 3.76. The summed E-state index contributed by atoms with van der Waals surface area (Å²) in [4.78, 5) is 21.9. The van der Waals surface area contributed by atoms with Crippen LogP contribution in [0.25, 0.3) is 0 Å². The van der Waals surface area contributed by atoms with Crippen LogP contribution in [0, 0.1) is 0 Å². The maximum atomic E-state index is 12.6. The Labute approximate surface area is 95.6 Å². The molecule has 1 fully saturated rings. The first kappa shape index (κ1) is 13.8. The average Bonchev–Trinajstić information content (AvgIpc) is 2.75. The maximum Gasteiger partial charge on any atom is 0.332 e. The molecule has 2 atom stereocenters. The lowest BCUT2D eigenvalue weighted by atomic mass is 10.2. The zero-order valence-corrected chi connectivity index (χ0v) is 8.86. The van der Waals surface area contributed by atoms with Gasteiger partial charge in [0.15, 0.2) is 6.10 Å². The van der Waals surface area contributed by atoms with Crippen LogP contribution >= 0.6 is 0 Å². The number of carboxylic acid groups (broad SMARTS) is 1. The number of aliphatic hydroxyl groups is 1. The normalized spacial score (nSPS) is 24.6. The number of ether oxygens (including phenoxy) is 1. The number of halogens is 2. The number of rotatable bonds is 5. The predicted octanol–water partition coefficient (Wildman–Crippen LogP) is -0.638. The Hall–Kier alpha value is -1.28. The second-order valence-corrected chi connectivity index (χ2v) is 3.76. The molecule has 1 saturated heterocycles. The SMILES string of the molecule is O=C(O)C1CCC(C(=O)NCC(F)(F)CO)O1. The Bertz CT molecular complexity index is 310. The molecule has 6 nitrogen and oxygen atoms in total. The topological polar surface area (TPSA) is 95.9 Å². The zero-order valence-electron chi connectivity index (χ0n) is 8.86. The fourth-order valence-electron chi connectivity index (χ4n) is 1.40. The van der Waals surface area contributed by atoms with E-state index in [1.54, 1.807) is 0 Å². The second kappa shape index (κ2) is 5.37. The van der Waals surface area contributed by atoms with Crippen molar-refractivity contribution < 1.29 is 33.3 Å². The molecule has 98 valence electrons. The van der Waals surface area contributed by atoms with Crippen LogP contribution in [-0.4, -0.2) is 53.4 Å². The number of aliphatic carboxylic acids is 1. The quantitative estimate of drug-likeness (QED) is 0.606. The van der Waals surface area contributed by atoms with Gasteiger partial charge in [-0.2, -0.15) is 0 Å². The van der Waals surface area contributed by atoms with Crippen molar-refractivity contribution in [2.45, 2.75) is 31.0 Å². The highest BCUT2D eigenvalue weighted by molar-refractivity contribution is 5.82. The summed E-state index contributed by atoms with van der Waals surface area (Å²) in [5, 5.41) is 18.8. The number of alkyl halides is 2. The van der Waals surface area contributed by atoms with Crippen LogP contribution < -0.4 is 5.32 Å². The van der Waals surface area contributed by atoms with Crippen molar-refractivity contribution in [3.8, 4) is 0 Å². The molecule has 0 aromatic heterocycles. The number of hydrogen-bond donors (Lipinski definition) is 3. The van der Waals surface area contributed by atoms with Gasteiger partial charge in [0.2, 0.25) is 5.91 Å². The van der Waals surface area contributed by atoms with Gasteiger partial charge in [0.25, 0.3) is 5.92 Å². The number of carbonyl (C=O) groups excluding carboxylic acids is 1. The first-order valence-corrected chi connectivity index (χ1v) is 5.00. The minimum absolute atomic E-state index is 0.170. The van der Waals surface area contributed by atoms with E-state index < -0.39 is 43.2 Å². The highest BCUT2D eigenvalue weighted by Crippen LogP contribution is 2.20. The van der Waals surface area contributed by atoms with E-state index in [2.05, 4.69) is 0 Å². The molecular weight excluding hydrogens is 240 g/mol. The van der Waals surface area contributed by atoms with Gasteiger partial charge in [0.05, 0.1) is 6.54 Å². The number of amides is 1. The van der Waals surface area contributed by atoms with Gasteiger partial charge in [-0.3, -0.25) is 4.79 Å². The molecule has 0 aromatic carbocycles. The fraction of sp³-hybridized carbons (Fsp3) is 0.778. The summed E-state index contributed by atoms with van der Waals surface area (Å²) >= 11 is 0. The molecule has 17 heavy (non-hydrogen) atoms. The molecule has 1 heterocycles. The standard InChI is InChI=1S/C9H13F2NO5/c10-9(11,4-13)3-12-7(14)5-1-2-6(17-5)8(15)16/h5-6,13H,1-4H2,(H,12,14)(H,15,16). The Morgan fingerprint density at radius 2 is 1.94 bits per heavy atom. The van der Waals surface area contributed by atoms with E-state index in [9.17, 15) is 18.4 Å². The third-order valence-electron chi connectivity index (χ3n) is 2.34. The van der Waals surface area contributed by atoms with E-state index in [1.807, 2.05) is 5.32 Å². The van der Waals surface area contributed by atoms with E-state index in [4.69, 9.17) is 14.9 Å². The minimum Gasteiger partial charge on any atom is -0.479 e. The van der Waals surface area contributed by atoms with Crippen LogP contribution in [0.5, 0.6) is 0 Å². The number of nitrogens with one attached hydrogen (secondary N) is 1. The lowest BCUT2D eigenvalue weighted by molar-refractivity contribution is -0.152. The smallest absolute Gasteiger partial charge is 0.332 e. The van der Waals surface area contributed by atoms with E-state index in [-0.39, 0.29) is 12.8 Å². The van der Waals surface area contributed by atoms with Gasteiger partial charge in [-0.1, -0.05) is 0 Å². The van der Waals surface area contributed by atoms with Gasteiger partial charge in [-0.25, -0.2) is 13.6 Å². The van der Waals surface area contributed by atoms with E-state index in [0.717, 1.165) is 0 Å². The van der Waals surface area contributed by atoms with Crippen molar-refractivity contribution >= 4 is 11.9 Å². The van der Waals surface area contributed by atoms with Crippen molar-refractivity contribution in [2.24, 2.45) is 0 Å². The summed E-state index contributed by atoms with van der Waals surface area (Å²) < 4.78 is 30.1. The first-order chi connectivity index (χ1) is 7.85. The van der Waals surface area contributed by atoms with Crippen LogP contribution in [0.15, 0.2) is 0 Å². The molecule has 3 N–H and O–H groups in total. The van der Waals surface area contributed by atoms with E-state index >= 15 is 0 Å². The van der Waals surface area contributed by atoms with Gasteiger partial charge in [-0.15, -0.1) is 0 Å². The van der Waals surface area contributed by atoms with Crippen LogP contribution in [0.2, 0.25) is 0 Å². The maximum absolute atomic E-state index is 12.6. The van der Waals surface area contributed by atoms with Gasteiger partial charge in [-0.05, 0) is 12.8 Å². The van der Waals surface area contributed by atoms with Crippen LogP contribution in [0.3, 0.4) is 0 Å². The van der Waals surface area contributed by atoms with Gasteiger partial charge < -0.3 is 20.3 Å². The Morgan fingerprint density at radius 3 is 2.41 bits per heavy atom. The predicted molar refractivity (Wildman–Crippen MR) is 50.6 cm³/mol. The monoisotopic (exact) mass is 253 g/mol. The molecule has 1 aliphatic rings. The summed E-state index contributed by atoms with van der Waals surface area (Å²) in [5.74, 6) is -5.36. The lowest BCUT2D eigenvalue weighted by Crippen LogP contribution is -2.43. The molecule has 0 aliphatic carbocycles. The van der Waals surface area contributed by atoms with Crippen LogP contribution in [-0.2, 0) is 14.3 Å². The molecule has 1 amide bonds. The van der Waals surface area contributed by atoms with Crippen LogP contribution in [0.1, 0.15) is 12.8 Å². The molecule has 0 bridgehead atoms. The Balaban J connectivity index is 2.37. The van der Waals surface area contributed by atoms with Crippen molar-refractivity contribution in [1.29, 1.82) is 0 Å². The molecular formula is C9H13F2NO5. The average molecular weight is 253 g/mol. The van der Waals surface area contributed by atoms with Crippen molar-refractivity contribution in [2.75, 3.05) is 13.2 Å². The summed E-state index contributed by atoms with van der Waals surface area (Å²) in [6.45, 7) is -2.36. The fourth-order valence-corrected chi connectivity index (χ4v) is 1.40. The zero-order chi connectivity index (χ0) is 13.1. The summed E-state index contributed by atoms with van der Waals surface area (Å²) in [6.07, 6.45) is -1.74. The number of aliphatic hydroxyl groups excluding tert-OH is 1. The molecule has 0 spiro atoms. The highest BCUT2D eigenvalue weighted by Gasteiger charge is 2.36. The molecule has 2 unspecified atom stereocenters.